The van der Waals surface area contributed by atoms with Crippen molar-refractivity contribution in [1.29, 1.82) is 0 Å². The van der Waals surface area contributed by atoms with Gasteiger partial charge in [-0.1, -0.05) is 27.4 Å². The molecule has 0 unspecified atom stereocenters. The van der Waals surface area contributed by atoms with E-state index in [1.807, 2.05) is 12.1 Å². The Morgan fingerprint density at radius 2 is 1.66 bits per heavy atom. The van der Waals surface area contributed by atoms with Gasteiger partial charge in [0.1, 0.15) is 11.7 Å². The molecule has 0 atom stereocenters. The maximum atomic E-state index is 12.2. The van der Waals surface area contributed by atoms with Gasteiger partial charge in [0, 0.05) is 23.8 Å². The third-order valence-electron chi connectivity index (χ3n) is 4.35. The number of amidine groups is 1. The molecule has 8 nitrogen and oxygen atoms in total. The molecule has 150 valence electrons. The summed E-state index contributed by atoms with van der Waals surface area (Å²) in [6, 6.07) is 7.19. The molecule has 0 aliphatic carbocycles. The van der Waals surface area contributed by atoms with Crippen LogP contribution in [0.2, 0.25) is 0 Å². The number of nitrogens with zero attached hydrogens (tertiary/aromatic N) is 3. The summed E-state index contributed by atoms with van der Waals surface area (Å²) in [5.41, 5.74) is 8.57. The molecule has 8 heteroatoms. The quantitative estimate of drug-likeness (QED) is 0.622. The predicted molar refractivity (Wildman–Crippen MR) is 117 cm³/mol. The summed E-state index contributed by atoms with van der Waals surface area (Å²) < 4.78 is 0. The van der Waals surface area contributed by atoms with Crippen molar-refractivity contribution in [2.45, 2.75) is 20.8 Å². The Morgan fingerprint density at radius 1 is 1.03 bits per heavy atom. The standard InChI is InChI=1S/C21H25N7O/c1-13(27-17-11-14(12-25-17)21(2,3)4)26-15-5-7-16(8-6-15)28-20(29)18-19(22)24-10-9-23-18/h5-11,26H,1,12H2,2-4H3,(H2,22,24)(H,25,27)(H,28,29). The van der Waals surface area contributed by atoms with E-state index in [1.54, 1.807) is 12.1 Å². The first kappa shape index (κ1) is 20.1. The Balaban J connectivity index is 1.56. The predicted octanol–water partition coefficient (Wildman–Crippen LogP) is 3.17. The number of nitrogens with one attached hydrogen (secondary N) is 3. The number of rotatable bonds is 5. The molecular weight excluding hydrogens is 366 g/mol. The highest BCUT2D eigenvalue weighted by atomic mass is 16.1. The molecule has 5 N–H and O–H groups in total. The van der Waals surface area contributed by atoms with Crippen molar-refractivity contribution in [2.24, 2.45) is 10.4 Å². The van der Waals surface area contributed by atoms with Crippen molar-refractivity contribution in [3.63, 3.8) is 0 Å². The van der Waals surface area contributed by atoms with E-state index >= 15 is 0 Å². The Kier molecular flexibility index (Phi) is 5.63. The molecule has 0 spiro atoms. The highest BCUT2D eigenvalue weighted by Gasteiger charge is 2.21. The number of nitrogens with two attached hydrogens (primary N) is 1. The molecule has 0 saturated carbocycles. The minimum absolute atomic E-state index is 0.0872. The number of amides is 1. The molecule has 1 aliphatic heterocycles. The first-order valence-corrected chi connectivity index (χ1v) is 9.19. The number of aliphatic imine (C=N–C) groups is 1. The van der Waals surface area contributed by atoms with Gasteiger partial charge >= 0.3 is 0 Å². The maximum absolute atomic E-state index is 12.2. The lowest BCUT2D eigenvalue weighted by Gasteiger charge is -2.18. The summed E-state index contributed by atoms with van der Waals surface area (Å²) in [4.78, 5) is 24.5. The molecular formula is C21H25N7O. The van der Waals surface area contributed by atoms with Gasteiger partial charge in [0.2, 0.25) is 0 Å². The zero-order valence-electron chi connectivity index (χ0n) is 16.8. The van der Waals surface area contributed by atoms with Gasteiger partial charge in [-0.05, 0) is 41.3 Å². The molecule has 0 saturated heterocycles. The van der Waals surface area contributed by atoms with Crippen LogP contribution in [-0.4, -0.2) is 28.3 Å². The molecule has 29 heavy (non-hydrogen) atoms. The molecule has 1 aromatic heterocycles. The summed E-state index contributed by atoms with van der Waals surface area (Å²) in [6.45, 7) is 11.2. The van der Waals surface area contributed by atoms with Crippen LogP contribution in [0.5, 0.6) is 0 Å². The third-order valence-corrected chi connectivity index (χ3v) is 4.35. The average molecular weight is 391 g/mol. The number of hydrogen-bond donors (Lipinski definition) is 4. The van der Waals surface area contributed by atoms with Gasteiger partial charge in [-0.25, -0.2) is 9.97 Å². The number of anilines is 3. The Morgan fingerprint density at radius 3 is 2.24 bits per heavy atom. The molecule has 0 radical (unpaired) electrons. The van der Waals surface area contributed by atoms with Gasteiger partial charge in [-0.2, -0.15) is 0 Å². The van der Waals surface area contributed by atoms with Gasteiger partial charge in [0.25, 0.3) is 5.91 Å². The van der Waals surface area contributed by atoms with E-state index in [0.717, 1.165) is 11.5 Å². The zero-order chi connectivity index (χ0) is 21.0. The van der Waals surface area contributed by atoms with Crippen molar-refractivity contribution >= 4 is 28.9 Å². The molecule has 0 bridgehead atoms. The summed E-state index contributed by atoms with van der Waals surface area (Å²) in [5, 5.41) is 9.09. The minimum atomic E-state index is -0.414. The lowest BCUT2D eigenvalue weighted by atomic mass is 9.87. The zero-order valence-corrected chi connectivity index (χ0v) is 16.8. The van der Waals surface area contributed by atoms with Crippen molar-refractivity contribution in [1.82, 2.24) is 15.3 Å². The topological polar surface area (TPSA) is 117 Å². The number of carbonyl (C=O) groups excluding carboxylic acids is 1. The number of benzene rings is 1. The van der Waals surface area contributed by atoms with E-state index in [0.29, 0.717) is 18.1 Å². The van der Waals surface area contributed by atoms with Gasteiger partial charge in [-0.3, -0.25) is 9.79 Å². The second kappa shape index (κ2) is 8.14. The number of hydrogen-bond acceptors (Lipinski definition) is 7. The fraction of sp³-hybridized carbons (Fsp3) is 0.238. The second-order valence-electron chi connectivity index (χ2n) is 7.67. The minimum Gasteiger partial charge on any atom is -0.382 e. The van der Waals surface area contributed by atoms with Crippen LogP contribution in [0.4, 0.5) is 17.2 Å². The second-order valence-corrected chi connectivity index (χ2v) is 7.67. The number of nitrogen functional groups attached to an aromatic ring is 1. The Hall–Kier alpha value is -3.68. The van der Waals surface area contributed by atoms with Crippen molar-refractivity contribution in [3.05, 3.63) is 66.4 Å². The SMILES string of the molecule is C=C(NC1=NCC(C(C)(C)C)=C1)Nc1ccc(NC(=O)c2nccnc2N)cc1. The fourth-order valence-electron chi connectivity index (χ4n) is 2.67. The summed E-state index contributed by atoms with van der Waals surface area (Å²) in [7, 11) is 0. The van der Waals surface area contributed by atoms with E-state index in [1.165, 1.54) is 18.0 Å². The van der Waals surface area contributed by atoms with Crippen LogP contribution >= 0.6 is 0 Å². The van der Waals surface area contributed by atoms with Crippen LogP contribution in [0.15, 0.2) is 65.7 Å². The maximum Gasteiger partial charge on any atom is 0.278 e. The highest BCUT2D eigenvalue weighted by Crippen LogP contribution is 2.27. The van der Waals surface area contributed by atoms with Crippen LogP contribution in [0, 0.1) is 5.41 Å². The normalized spacial score (nSPS) is 13.3. The monoisotopic (exact) mass is 391 g/mol. The molecule has 2 heterocycles. The molecule has 3 rings (SSSR count). The van der Waals surface area contributed by atoms with Gasteiger partial charge in [-0.15, -0.1) is 0 Å². The lowest BCUT2D eigenvalue weighted by molar-refractivity contribution is 0.102. The first-order chi connectivity index (χ1) is 13.7. The van der Waals surface area contributed by atoms with E-state index in [-0.39, 0.29) is 16.9 Å². The highest BCUT2D eigenvalue weighted by molar-refractivity contribution is 6.05. The van der Waals surface area contributed by atoms with Crippen LogP contribution in [-0.2, 0) is 0 Å². The number of carbonyl (C=O) groups is 1. The van der Waals surface area contributed by atoms with Gasteiger partial charge in [0.05, 0.1) is 6.54 Å². The molecule has 1 aliphatic rings. The van der Waals surface area contributed by atoms with Crippen LogP contribution in [0.25, 0.3) is 0 Å². The Bertz CT molecular complexity index is 985. The van der Waals surface area contributed by atoms with Crippen molar-refractivity contribution in [2.75, 3.05) is 22.9 Å². The summed E-state index contributed by atoms with van der Waals surface area (Å²) >= 11 is 0. The molecule has 0 fully saturated rings. The van der Waals surface area contributed by atoms with E-state index in [9.17, 15) is 4.79 Å². The molecule has 1 amide bonds. The average Bonchev–Trinajstić information content (AvgIpc) is 3.12. The lowest BCUT2D eigenvalue weighted by Crippen LogP contribution is -2.24. The fourth-order valence-corrected chi connectivity index (χ4v) is 2.67. The third kappa shape index (κ3) is 5.19. The van der Waals surface area contributed by atoms with E-state index in [2.05, 4.69) is 64.3 Å². The van der Waals surface area contributed by atoms with Crippen LogP contribution in [0.3, 0.4) is 0 Å². The van der Waals surface area contributed by atoms with Crippen LogP contribution < -0.4 is 21.7 Å². The summed E-state index contributed by atoms with van der Waals surface area (Å²) in [5.74, 6) is 1.07. The van der Waals surface area contributed by atoms with Gasteiger partial charge in [0.15, 0.2) is 11.5 Å². The smallest absolute Gasteiger partial charge is 0.278 e. The van der Waals surface area contributed by atoms with Crippen LogP contribution in [0.1, 0.15) is 31.3 Å². The molecule has 1 aromatic carbocycles. The molecule has 2 aromatic rings. The first-order valence-electron chi connectivity index (χ1n) is 9.19. The van der Waals surface area contributed by atoms with Crippen molar-refractivity contribution in [3.8, 4) is 0 Å². The largest absolute Gasteiger partial charge is 0.382 e. The van der Waals surface area contributed by atoms with Gasteiger partial charge < -0.3 is 21.7 Å². The Labute approximate surface area is 170 Å². The summed E-state index contributed by atoms with van der Waals surface area (Å²) in [6.07, 6.45) is 4.92. The number of aromatic nitrogens is 2. The van der Waals surface area contributed by atoms with E-state index in [4.69, 9.17) is 5.73 Å². The van der Waals surface area contributed by atoms with Crippen molar-refractivity contribution < 1.29 is 4.79 Å². The van der Waals surface area contributed by atoms with E-state index < -0.39 is 5.91 Å².